The molecule has 0 atom stereocenters. The highest BCUT2D eigenvalue weighted by molar-refractivity contribution is 6.30. The van der Waals surface area contributed by atoms with E-state index < -0.39 is 11.5 Å². The van der Waals surface area contributed by atoms with Crippen LogP contribution >= 0.6 is 11.6 Å². The molecule has 22 heavy (non-hydrogen) atoms. The number of aromatic amines is 1. The number of halogens is 1. The minimum absolute atomic E-state index is 0.0308. The van der Waals surface area contributed by atoms with E-state index in [1.165, 1.54) is 0 Å². The van der Waals surface area contributed by atoms with Crippen LogP contribution in [0.4, 0.5) is 0 Å². The number of ether oxygens (including phenoxy) is 1. The number of benzene rings is 1. The molecule has 8 heteroatoms. The number of hydrogen-bond acceptors (Lipinski definition) is 6. The molecule has 0 aliphatic carbocycles. The molecule has 0 amide bonds. The van der Waals surface area contributed by atoms with Gasteiger partial charge in [-0.2, -0.15) is 4.98 Å². The SMILES string of the molecule is CCOC(=O)c1nc2onc(-c3ccc(Cl)cc3)c2c(=O)[nH]1. The van der Waals surface area contributed by atoms with Crippen molar-refractivity contribution in [1.82, 2.24) is 15.1 Å². The van der Waals surface area contributed by atoms with E-state index in [9.17, 15) is 9.59 Å². The van der Waals surface area contributed by atoms with Crippen LogP contribution < -0.4 is 5.56 Å². The summed E-state index contributed by atoms with van der Waals surface area (Å²) in [6, 6.07) is 6.76. The first kappa shape index (κ1) is 14.3. The van der Waals surface area contributed by atoms with Crippen LogP contribution in [0.25, 0.3) is 22.4 Å². The first-order valence-corrected chi connectivity index (χ1v) is 6.80. The van der Waals surface area contributed by atoms with Crippen molar-refractivity contribution in [1.29, 1.82) is 0 Å². The highest BCUT2D eigenvalue weighted by Crippen LogP contribution is 2.25. The summed E-state index contributed by atoms with van der Waals surface area (Å²) in [5.41, 5.74) is 0.422. The van der Waals surface area contributed by atoms with Gasteiger partial charge in [0.25, 0.3) is 11.3 Å². The van der Waals surface area contributed by atoms with E-state index in [4.69, 9.17) is 20.9 Å². The number of carbonyl (C=O) groups is 1. The molecule has 3 rings (SSSR count). The molecule has 3 aromatic rings. The molecule has 0 bridgehead atoms. The second kappa shape index (κ2) is 5.61. The number of aromatic nitrogens is 3. The number of nitrogens with one attached hydrogen (secondary N) is 1. The fourth-order valence-corrected chi connectivity index (χ4v) is 2.09. The van der Waals surface area contributed by atoms with Crippen molar-refractivity contribution in [2.45, 2.75) is 6.92 Å². The third-order valence-corrected chi connectivity index (χ3v) is 3.18. The van der Waals surface area contributed by atoms with Gasteiger partial charge in [0.1, 0.15) is 11.1 Å². The van der Waals surface area contributed by atoms with Crippen molar-refractivity contribution in [2.24, 2.45) is 0 Å². The first-order chi connectivity index (χ1) is 10.6. The zero-order chi connectivity index (χ0) is 15.7. The van der Waals surface area contributed by atoms with Gasteiger partial charge < -0.3 is 14.2 Å². The van der Waals surface area contributed by atoms with Crippen molar-refractivity contribution >= 4 is 28.7 Å². The van der Waals surface area contributed by atoms with Gasteiger partial charge in [0.2, 0.25) is 5.82 Å². The van der Waals surface area contributed by atoms with Crippen molar-refractivity contribution in [3.8, 4) is 11.3 Å². The molecule has 0 spiro atoms. The van der Waals surface area contributed by atoms with Crippen LogP contribution in [0.1, 0.15) is 17.5 Å². The predicted molar refractivity (Wildman–Crippen MR) is 78.8 cm³/mol. The number of esters is 1. The van der Waals surface area contributed by atoms with Crippen LogP contribution in [0.2, 0.25) is 5.02 Å². The van der Waals surface area contributed by atoms with Crippen LogP contribution in [0, 0.1) is 0 Å². The zero-order valence-electron chi connectivity index (χ0n) is 11.4. The van der Waals surface area contributed by atoms with E-state index >= 15 is 0 Å². The molecule has 2 aromatic heterocycles. The Hall–Kier alpha value is -2.67. The second-order valence-corrected chi connectivity index (χ2v) is 4.79. The number of fused-ring (bicyclic) bond motifs is 1. The molecule has 0 aliphatic heterocycles. The fourth-order valence-electron chi connectivity index (χ4n) is 1.96. The van der Waals surface area contributed by atoms with E-state index in [1.807, 2.05) is 0 Å². The maximum Gasteiger partial charge on any atom is 0.374 e. The van der Waals surface area contributed by atoms with Crippen LogP contribution in [-0.4, -0.2) is 27.7 Å². The monoisotopic (exact) mass is 319 g/mol. The Bertz CT molecular complexity index is 899. The van der Waals surface area contributed by atoms with E-state index in [1.54, 1.807) is 31.2 Å². The van der Waals surface area contributed by atoms with Gasteiger partial charge in [-0.15, -0.1) is 0 Å². The van der Waals surface area contributed by atoms with Gasteiger partial charge >= 0.3 is 5.97 Å². The summed E-state index contributed by atoms with van der Waals surface area (Å²) in [5.74, 6) is -0.955. The van der Waals surface area contributed by atoms with Crippen LogP contribution in [0.3, 0.4) is 0 Å². The molecule has 0 fully saturated rings. The summed E-state index contributed by atoms with van der Waals surface area (Å²) in [5, 5.41) is 4.58. The number of hydrogen-bond donors (Lipinski definition) is 1. The Kier molecular flexibility index (Phi) is 3.64. The van der Waals surface area contributed by atoms with E-state index in [-0.39, 0.29) is 23.5 Å². The number of carbonyl (C=O) groups excluding carboxylic acids is 1. The quantitative estimate of drug-likeness (QED) is 0.744. The van der Waals surface area contributed by atoms with E-state index in [0.717, 1.165) is 0 Å². The Balaban J connectivity index is 2.14. The van der Waals surface area contributed by atoms with Gasteiger partial charge in [-0.05, 0) is 19.1 Å². The third kappa shape index (κ3) is 2.46. The maximum atomic E-state index is 12.2. The lowest BCUT2D eigenvalue weighted by Crippen LogP contribution is -2.17. The lowest BCUT2D eigenvalue weighted by atomic mass is 10.1. The molecule has 112 valence electrons. The Morgan fingerprint density at radius 3 is 2.77 bits per heavy atom. The summed E-state index contributed by atoms with van der Waals surface area (Å²) in [6.45, 7) is 1.83. The van der Waals surface area contributed by atoms with Gasteiger partial charge in [-0.3, -0.25) is 4.79 Å². The van der Waals surface area contributed by atoms with Gasteiger partial charge in [0.05, 0.1) is 6.61 Å². The normalized spacial score (nSPS) is 10.8. The Morgan fingerprint density at radius 1 is 1.36 bits per heavy atom. The molecule has 0 unspecified atom stereocenters. The highest BCUT2D eigenvalue weighted by Gasteiger charge is 2.19. The molecule has 0 saturated carbocycles. The number of H-pyrrole nitrogens is 1. The van der Waals surface area contributed by atoms with Crippen LogP contribution in [0.5, 0.6) is 0 Å². The van der Waals surface area contributed by atoms with E-state index in [0.29, 0.717) is 16.3 Å². The van der Waals surface area contributed by atoms with E-state index in [2.05, 4.69) is 15.1 Å². The van der Waals surface area contributed by atoms with Gasteiger partial charge in [0.15, 0.2) is 0 Å². The average molecular weight is 320 g/mol. The maximum absolute atomic E-state index is 12.2. The van der Waals surface area contributed by atoms with Crippen molar-refractivity contribution < 1.29 is 14.1 Å². The Labute approximate surface area is 128 Å². The minimum Gasteiger partial charge on any atom is -0.460 e. The smallest absolute Gasteiger partial charge is 0.374 e. The summed E-state index contributed by atoms with van der Waals surface area (Å²) < 4.78 is 9.85. The summed E-state index contributed by atoms with van der Waals surface area (Å²) in [7, 11) is 0. The van der Waals surface area contributed by atoms with Crippen LogP contribution in [0.15, 0.2) is 33.6 Å². The Morgan fingerprint density at radius 2 is 2.09 bits per heavy atom. The van der Waals surface area contributed by atoms with Gasteiger partial charge in [-0.1, -0.05) is 28.9 Å². The highest BCUT2D eigenvalue weighted by atomic mass is 35.5. The molecule has 1 aromatic carbocycles. The molecule has 0 radical (unpaired) electrons. The second-order valence-electron chi connectivity index (χ2n) is 4.35. The molecular weight excluding hydrogens is 310 g/mol. The fraction of sp³-hybridized carbons (Fsp3) is 0.143. The first-order valence-electron chi connectivity index (χ1n) is 6.43. The van der Waals surface area contributed by atoms with Crippen molar-refractivity contribution in [2.75, 3.05) is 6.61 Å². The van der Waals surface area contributed by atoms with Crippen molar-refractivity contribution in [3.05, 3.63) is 45.5 Å². The minimum atomic E-state index is -0.731. The zero-order valence-corrected chi connectivity index (χ0v) is 12.2. The number of nitrogens with zero attached hydrogens (tertiary/aromatic N) is 2. The van der Waals surface area contributed by atoms with Crippen LogP contribution in [-0.2, 0) is 4.74 Å². The average Bonchev–Trinajstić information content (AvgIpc) is 2.93. The standard InChI is InChI=1S/C14H10ClN3O4/c1-2-21-14(20)11-16-12(19)9-10(18-22-13(9)17-11)7-3-5-8(15)6-4-7/h3-6H,2H2,1H3,(H,16,17,19). The van der Waals surface area contributed by atoms with Gasteiger partial charge in [0, 0.05) is 10.6 Å². The predicted octanol–water partition coefficient (Wildman–Crippen LogP) is 2.41. The lowest BCUT2D eigenvalue weighted by molar-refractivity contribution is 0.0511. The lowest BCUT2D eigenvalue weighted by Gasteiger charge is -2.00. The molecule has 2 heterocycles. The molecular formula is C14H10ClN3O4. The largest absolute Gasteiger partial charge is 0.460 e. The molecule has 7 nitrogen and oxygen atoms in total. The molecule has 0 saturated heterocycles. The number of rotatable bonds is 3. The van der Waals surface area contributed by atoms with Gasteiger partial charge in [-0.25, -0.2) is 4.79 Å². The third-order valence-electron chi connectivity index (χ3n) is 2.93. The summed E-state index contributed by atoms with van der Waals surface area (Å²) in [4.78, 5) is 30.1. The van der Waals surface area contributed by atoms with Crippen molar-refractivity contribution in [3.63, 3.8) is 0 Å². The topological polar surface area (TPSA) is 98.1 Å². The summed E-state index contributed by atoms with van der Waals surface area (Å²) >= 11 is 5.83. The molecule has 1 N–H and O–H groups in total. The molecule has 0 aliphatic rings. The summed E-state index contributed by atoms with van der Waals surface area (Å²) in [6.07, 6.45) is 0.